The van der Waals surface area contributed by atoms with Gasteiger partial charge in [-0.3, -0.25) is 9.69 Å². The second-order valence-corrected chi connectivity index (χ2v) is 7.05. The predicted octanol–water partition coefficient (Wildman–Crippen LogP) is 0.182. The van der Waals surface area contributed by atoms with Crippen LogP contribution < -0.4 is 5.32 Å². The summed E-state index contributed by atoms with van der Waals surface area (Å²) >= 11 is 5.13. The van der Waals surface area contributed by atoms with E-state index < -0.39 is 5.97 Å². The average molecular weight is 455 g/mol. The Bertz CT molecular complexity index is 760. The van der Waals surface area contributed by atoms with Crippen LogP contribution in [-0.4, -0.2) is 92.4 Å². The van der Waals surface area contributed by atoms with E-state index in [1.54, 1.807) is 4.90 Å². The van der Waals surface area contributed by atoms with E-state index >= 15 is 0 Å². The molecule has 0 fully saturated rings. The van der Waals surface area contributed by atoms with Crippen LogP contribution in [0.1, 0.15) is 12.8 Å². The first kappa shape index (κ1) is 26.6. The summed E-state index contributed by atoms with van der Waals surface area (Å²) in [5, 5.41) is 40.7. The minimum Gasteiger partial charge on any atom is -0.480 e. The van der Waals surface area contributed by atoms with Crippen LogP contribution in [0, 0.1) is 5.92 Å². The zero-order chi connectivity index (χ0) is 23.1. The number of nitrogens with zero attached hydrogens (tertiary/aromatic N) is 3. The van der Waals surface area contributed by atoms with E-state index in [1.807, 2.05) is 37.3 Å². The summed E-state index contributed by atoms with van der Waals surface area (Å²) in [6, 6.07) is 9.52. The highest BCUT2D eigenvalue weighted by Gasteiger charge is 2.15. The quantitative estimate of drug-likeness (QED) is 0.279. The van der Waals surface area contributed by atoms with E-state index in [0.717, 1.165) is 5.56 Å². The molecule has 5 N–H and O–H groups in total. The normalized spacial score (nSPS) is 11.5. The number of aliphatic hydroxyl groups excluding tert-OH is 3. The lowest BCUT2D eigenvalue weighted by atomic mass is 10.1. The predicted molar refractivity (Wildman–Crippen MR) is 119 cm³/mol. The Morgan fingerprint density at radius 2 is 1.71 bits per heavy atom. The maximum Gasteiger partial charge on any atom is 0.322 e. The van der Waals surface area contributed by atoms with Gasteiger partial charge in [0.05, 0.1) is 24.8 Å². The number of aliphatic hydroxyl groups is 3. The fourth-order valence-electron chi connectivity index (χ4n) is 2.49. The first-order chi connectivity index (χ1) is 14.9. The highest BCUT2D eigenvalue weighted by molar-refractivity contribution is 7.80. The molecule has 10 nitrogen and oxygen atoms in total. The summed E-state index contributed by atoms with van der Waals surface area (Å²) in [5.41, 5.74) is 0.881. The standard InChI is InChI=1S/C14H15N3O3S.C6H15NO3/c1-9(14(21)15-8-12(18)19)7-11-16-13(17-20-11)10-5-3-2-4-6-10;8-4-1-7(2-5-9)3-6-10/h2-6,9H,7-8H2,1H3,(H,15,21)(H,18,19);8-10H,1-6H2/t9-;/m0./s1. The maximum absolute atomic E-state index is 10.5. The highest BCUT2D eigenvalue weighted by atomic mass is 32.1. The smallest absolute Gasteiger partial charge is 0.322 e. The zero-order valence-corrected chi connectivity index (χ0v) is 18.3. The second kappa shape index (κ2) is 15.4. The van der Waals surface area contributed by atoms with E-state index in [1.165, 1.54) is 0 Å². The Morgan fingerprint density at radius 3 is 2.23 bits per heavy atom. The molecule has 0 radical (unpaired) electrons. The van der Waals surface area contributed by atoms with Crippen molar-refractivity contribution in [3.63, 3.8) is 0 Å². The fraction of sp³-hybridized carbons (Fsp3) is 0.500. The molecule has 172 valence electrons. The zero-order valence-electron chi connectivity index (χ0n) is 17.5. The van der Waals surface area contributed by atoms with E-state index in [4.69, 9.17) is 37.2 Å². The molecule has 0 saturated heterocycles. The van der Waals surface area contributed by atoms with E-state index in [-0.39, 0.29) is 32.3 Å². The Kier molecular flexibility index (Phi) is 13.2. The van der Waals surface area contributed by atoms with Gasteiger partial charge in [-0.15, -0.1) is 0 Å². The highest BCUT2D eigenvalue weighted by Crippen LogP contribution is 2.16. The average Bonchev–Trinajstić information content (AvgIpc) is 3.22. The lowest BCUT2D eigenvalue weighted by Crippen LogP contribution is -2.32. The molecule has 2 aromatic rings. The van der Waals surface area contributed by atoms with Crippen LogP contribution in [0.25, 0.3) is 11.4 Å². The van der Waals surface area contributed by atoms with Crippen LogP contribution in [0.15, 0.2) is 34.9 Å². The van der Waals surface area contributed by atoms with Crippen LogP contribution in [0.2, 0.25) is 0 Å². The van der Waals surface area contributed by atoms with Crippen molar-refractivity contribution in [2.24, 2.45) is 5.92 Å². The van der Waals surface area contributed by atoms with Crippen molar-refractivity contribution in [1.29, 1.82) is 0 Å². The molecule has 0 spiro atoms. The van der Waals surface area contributed by atoms with Crippen molar-refractivity contribution >= 4 is 23.2 Å². The summed E-state index contributed by atoms with van der Waals surface area (Å²) in [6.45, 7) is 3.44. The lowest BCUT2D eigenvalue weighted by Gasteiger charge is -2.17. The van der Waals surface area contributed by atoms with Gasteiger partial charge in [-0.1, -0.05) is 54.6 Å². The Morgan fingerprint density at radius 1 is 1.13 bits per heavy atom. The van der Waals surface area contributed by atoms with Crippen molar-refractivity contribution in [3.05, 3.63) is 36.2 Å². The monoisotopic (exact) mass is 454 g/mol. The van der Waals surface area contributed by atoms with Crippen molar-refractivity contribution in [1.82, 2.24) is 20.4 Å². The van der Waals surface area contributed by atoms with Gasteiger partial charge in [-0.25, -0.2) is 0 Å². The number of benzene rings is 1. The van der Waals surface area contributed by atoms with Gasteiger partial charge >= 0.3 is 5.97 Å². The van der Waals surface area contributed by atoms with Crippen LogP contribution >= 0.6 is 12.2 Å². The number of thiocarbonyl (C=S) groups is 1. The fourth-order valence-corrected chi connectivity index (χ4v) is 2.65. The SMILES string of the molecule is C[C@@H](Cc1nc(-c2ccccc2)no1)C(=S)NCC(=O)O.OCCN(CCO)CCO. The molecule has 0 amide bonds. The molecule has 0 aliphatic heterocycles. The topological polar surface area (TPSA) is 152 Å². The molecule has 1 aromatic carbocycles. The molecule has 1 heterocycles. The summed E-state index contributed by atoms with van der Waals surface area (Å²) in [5.74, 6) is -0.0276. The van der Waals surface area contributed by atoms with Crippen LogP contribution in [0.3, 0.4) is 0 Å². The minimum absolute atomic E-state index is 0.0694. The summed E-state index contributed by atoms with van der Waals surface area (Å²) in [4.78, 5) is 17.1. The number of nitrogens with one attached hydrogen (secondary N) is 1. The van der Waals surface area contributed by atoms with Gasteiger partial charge in [-0.2, -0.15) is 4.98 Å². The molecule has 0 bridgehead atoms. The molecular formula is C20H30N4O6S. The van der Waals surface area contributed by atoms with Gasteiger partial charge in [-0.05, 0) is 0 Å². The van der Waals surface area contributed by atoms with E-state index in [9.17, 15) is 4.79 Å². The maximum atomic E-state index is 10.5. The number of hydrogen-bond donors (Lipinski definition) is 5. The summed E-state index contributed by atoms with van der Waals surface area (Å²) in [6.07, 6.45) is 0.464. The molecule has 31 heavy (non-hydrogen) atoms. The van der Waals surface area contributed by atoms with Gasteiger partial charge in [0.1, 0.15) is 6.54 Å². The van der Waals surface area contributed by atoms with Crippen molar-refractivity contribution in [3.8, 4) is 11.4 Å². The number of aromatic nitrogens is 2. The lowest BCUT2D eigenvalue weighted by molar-refractivity contribution is -0.135. The van der Waals surface area contributed by atoms with Crippen LogP contribution in [0.4, 0.5) is 0 Å². The van der Waals surface area contributed by atoms with Gasteiger partial charge in [0.2, 0.25) is 11.7 Å². The van der Waals surface area contributed by atoms with E-state index in [0.29, 0.717) is 42.8 Å². The molecular weight excluding hydrogens is 424 g/mol. The molecule has 0 saturated carbocycles. The third-order valence-electron chi connectivity index (χ3n) is 4.09. The second-order valence-electron chi connectivity index (χ2n) is 6.61. The van der Waals surface area contributed by atoms with Gasteiger partial charge in [0.15, 0.2) is 0 Å². The molecule has 11 heteroatoms. The van der Waals surface area contributed by atoms with Crippen LogP contribution in [0.5, 0.6) is 0 Å². The molecule has 0 aliphatic rings. The first-order valence-corrected chi connectivity index (χ1v) is 10.2. The first-order valence-electron chi connectivity index (χ1n) is 9.83. The van der Waals surface area contributed by atoms with Crippen molar-refractivity contribution in [2.75, 3.05) is 46.0 Å². The van der Waals surface area contributed by atoms with Gasteiger partial charge < -0.3 is 30.3 Å². The minimum atomic E-state index is -0.950. The third kappa shape index (κ3) is 10.9. The third-order valence-corrected chi connectivity index (χ3v) is 4.64. The number of carbonyl (C=O) groups is 1. The number of rotatable bonds is 12. The molecule has 1 aromatic heterocycles. The molecule has 2 rings (SSSR count). The van der Waals surface area contributed by atoms with Crippen molar-refractivity contribution < 1.29 is 29.7 Å². The Hall–Kier alpha value is -2.44. The van der Waals surface area contributed by atoms with Gasteiger partial charge in [0.25, 0.3) is 0 Å². The van der Waals surface area contributed by atoms with Crippen molar-refractivity contribution in [2.45, 2.75) is 13.3 Å². The van der Waals surface area contributed by atoms with Gasteiger partial charge in [0, 0.05) is 37.5 Å². The number of aliphatic carboxylic acids is 1. The molecule has 1 atom stereocenters. The van der Waals surface area contributed by atoms with Crippen LogP contribution in [-0.2, 0) is 11.2 Å². The Labute approximate surface area is 186 Å². The van der Waals surface area contributed by atoms with E-state index in [2.05, 4.69) is 15.5 Å². The molecule has 0 aliphatic carbocycles. The summed E-state index contributed by atoms with van der Waals surface area (Å²) < 4.78 is 5.20. The number of carboxylic acids is 1. The molecule has 0 unspecified atom stereocenters. The summed E-state index contributed by atoms with van der Waals surface area (Å²) in [7, 11) is 0. The number of hydrogen-bond acceptors (Lipinski definition) is 9. The number of carboxylic acid groups (broad SMARTS) is 1. The Balaban J connectivity index is 0.000000407. The largest absolute Gasteiger partial charge is 0.480 e.